The van der Waals surface area contributed by atoms with Gasteiger partial charge in [-0.2, -0.15) is 0 Å². The van der Waals surface area contributed by atoms with Crippen molar-refractivity contribution in [3.63, 3.8) is 0 Å². The Kier molecular flexibility index (Phi) is 1.77. The van der Waals surface area contributed by atoms with E-state index in [-0.39, 0.29) is 5.92 Å². The fraction of sp³-hybridized carbons (Fsp3) is 0.312. The Balaban J connectivity index is 2.11. The lowest BCUT2D eigenvalue weighted by Crippen LogP contribution is -2.30. The van der Waals surface area contributed by atoms with E-state index in [1.54, 1.807) is 0 Å². The number of Topliss-reactive ketones (excluding diaryl/α,β-unsaturated/α-hetero) is 1. The van der Waals surface area contributed by atoms with Gasteiger partial charge < -0.3 is 0 Å². The molecule has 0 spiro atoms. The molecule has 3 aliphatic rings. The van der Waals surface area contributed by atoms with Gasteiger partial charge in [-0.3, -0.25) is 4.79 Å². The molecule has 1 saturated carbocycles. The third-order valence-electron chi connectivity index (χ3n) is 4.43. The van der Waals surface area contributed by atoms with Gasteiger partial charge in [0.1, 0.15) is 5.78 Å². The summed E-state index contributed by atoms with van der Waals surface area (Å²) in [4.78, 5) is 12.1. The standard InChI is InChI=1S/C16H14O/c17-15-9-11-6-8-14(15)16-12-4-2-1-3-10(12)5-7-13(11)16/h1-5,7,11,14H,6,8-9H2. The summed E-state index contributed by atoms with van der Waals surface area (Å²) in [6.45, 7) is 0. The van der Waals surface area contributed by atoms with Gasteiger partial charge in [-0.25, -0.2) is 0 Å². The summed E-state index contributed by atoms with van der Waals surface area (Å²) < 4.78 is 0. The van der Waals surface area contributed by atoms with E-state index in [1.807, 2.05) is 0 Å². The molecule has 2 atom stereocenters. The number of benzene rings is 2. The summed E-state index contributed by atoms with van der Waals surface area (Å²) in [7, 11) is 0. The van der Waals surface area contributed by atoms with Gasteiger partial charge in [0.05, 0.1) is 0 Å². The lowest BCUT2D eigenvalue weighted by atomic mass is 9.65. The molecular weight excluding hydrogens is 208 g/mol. The van der Waals surface area contributed by atoms with E-state index in [4.69, 9.17) is 0 Å². The van der Waals surface area contributed by atoms with Gasteiger partial charge in [0.2, 0.25) is 0 Å². The van der Waals surface area contributed by atoms with Crippen LogP contribution in [0.5, 0.6) is 0 Å². The van der Waals surface area contributed by atoms with Crippen LogP contribution in [-0.4, -0.2) is 5.78 Å². The van der Waals surface area contributed by atoms with Crippen molar-refractivity contribution in [1.82, 2.24) is 0 Å². The Morgan fingerprint density at radius 3 is 2.76 bits per heavy atom. The quantitative estimate of drug-likeness (QED) is 0.663. The number of rotatable bonds is 0. The molecular formula is C16H14O. The molecule has 1 fully saturated rings. The van der Waals surface area contributed by atoms with Gasteiger partial charge in [0, 0.05) is 12.3 Å². The van der Waals surface area contributed by atoms with Crippen LogP contribution in [0.15, 0.2) is 36.4 Å². The molecule has 2 bridgehead atoms. The van der Waals surface area contributed by atoms with Crippen LogP contribution in [0.2, 0.25) is 0 Å². The van der Waals surface area contributed by atoms with Crippen molar-refractivity contribution in [3.05, 3.63) is 47.5 Å². The number of hydrogen-bond donors (Lipinski definition) is 0. The summed E-state index contributed by atoms with van der Waals surface area (Å²) >= 11 is 0. The predicted octanol–water partition coefficient (Wildman–Crippen LogP) is 3.77. The highest BCUT2D eigenvalue weighted by atomic mass is 16.1. The van der Waals surface area contributed by atoms with Crippen LogP contribution in [0, 0.1) is 0 Å². The van der Waals surface area contributed by atoms with Gasteiger partial charge >= 0.3 is 0 Å². The van der Waals surface area contributed by atoms with Crippen molar-refractivity contribution in [1.29, 1.82) is 0 Å². The molecule has 0 radical (unpaired) electrons. The molecule has 2 aromatic carbocycles. The molecule has 0 saturated heterocycles. The monoisotopic (exact) mass is 222 g/mol. The second kappa shape index (κ2) is 3.19. The van der Waals surface area contributed by atoms with Gasteiger partial charge in [-0.15, -0.1) is 0 Å². The van der Waals surface area contributed by atoms with Crippen molar-refractivity contribution < 1.29 is 4.79 Å². The van der Waals surface area contributed by atoms with Gasteiger partial charge in [-0.05, 0) is 40.7 Å². The van der Waals surface area contributed by atoms with E-state index >= 15 is 0 Å². The molecule has 0 aliphatic heterocycles. The van der Waals surface area contributed by atoms with Crippen molar-refractivity contribution >= 4 is 16.6 Å². The maximum atomic E-state index is 12.1. The molecule has 2 aromatic rings. The topological polar surface area (TPSA) is 17.1 Å². The van der Waals surface area contributed by atoms with Crippen LogP contribution < -0.4 is 0 Å². The first-order valence-corrected chi connectivity index (χ1v) is 6.39. The fourth-order valence-corrected chi connectivity index (χ4v) is 3.64. The molecule has 84 valence electrons. The third-order valence-corrected chi connectivity index (χ3v) is 4.43. The largest absolute Gasteiger partial charge is 0.299 e. The molecule has 1 nitrogen and oxygen atoms in total. The van der Waals surface area contributed by atoms with E-state index in [0.29, 0.717) is 11.7 Å². The summed E-state index contributed by atoms with van der Waals surface area (Å²) in [6, 6.07) is 12.9. The second-order valence-electron chi connectivity index (χ2n) is 5.29. The SMILES string of the molecule is O=C1CC2CCC1c1c2ccc2ccccc12. The molecule has 1 heteroatoms. The Labute approximate surface area is 100 Å². The minimum absolute atomic E-state index is 0.182. The molecule has 0 amide bonds. The van der Waals surface area contributed by atoms with E-state index in [2.05, 4.69) is 36.4 Å². The molecule has 17 heavy (non-hydrogen) atoms. The number of hydrogen-bond acceptors (Lipinski definition) is 1. The summed E-state index contributed by atoms with van der Waals surface area (Å²) in [5.74, 6) is 1.14. The molecule has 0 N–H and O–H groups in total. The van der Waals surface area contributed by atoms with Crippen LogP contribution in [0.3, 0.4) is 0 Å². The van der Waals surface area contributed by atoms with Gasteiger partial charge in [0.15, 0.2) is 0 Å². The maximum absolute atomic E-state index is 12.1. The first-order chi connectivity index (χ1) is 8.34. The summed E-state index contributed by atoms with van der Waals surface area (Å²) in [5.41, 5.74) is 2.79. The maximum Gasteiger partial charge on any atom is 0.140 e. The van der Waals surface area contributed by atoms with Crippen LogP contribution in [0.4, 0.5) is 0 Å². The zero-order valence-electron chi connectivity index (χ0n) is 9.65. The smallest absolute Gasteiger partial charge is 0.140 e. The highest BCUT2D eigenvalue weighted by molar-refractivity contribution is 5.97. The van der Waals surface area contributed by atoms with Crippen molar-refractivity contribution in [2.75, 3.05) is 0 Å². The number of carbonyl (C=O) groups is 1. The minimum Gasteiger partial charge on any atom is -0.299 e. The zero-order valence-corrected chi connectivity index (χ0v) is 9.65. The van der Waals surface area contributed by atoms with Crippen LogP contribution >= 0.6 is 0 Å². The number of ketones is 1. The van der Waals surface area contributed by atoms with Crippen LogP contribution in [-0.2, 0) is 4.79 Å². The van der Waals surface area contributed by atoms with Crippen molar-refractivity contribution in [2.24, 2.45) is 0 Å². The predicted molar refractivity (Wildman–Crippen MR) is 68.3 cm³/mol. The molecule has 0 aromatic heterocycles. The Morgan fingerprint density at radius 1 is 1.00 bits per heavy atom. The Morgan fingerprint density at radius 2 is 1.88 bits per heavy atom. The summed E-state index contributed by atoms with van der Waals surface area (Å²) in [5, 5.41) is 2.57. The lowest BCUT2D eigenvalue weighted by molar-refractivity contribution is -0.123. The van der Waals surface area contributed by atoms with Crippen molar-refractivity contribution in [3.8, 4) is 0 Å². The Hall–Kier alpha value is -1.63. The van der Waals surface area contributed by atoms with Crippen LogP contribution in [0.1, 0.15) is 42.2 Å². The summed E-state index contributed by atoms with van der Waals surface area (Å²) in [6.07, 6.45) is 3.03. The van der Waals surface area contributed by atoms with E-state index in [0.717, 1.165) is 12.8 Å². The normalized spacial score (nSPS) is 26.2. The molecule has 5 rings (SSSR count). The first-order valence-electron chi connectivity index (χ1n) is 6.39. The molecule has 3 aliphatic carbocycles. The van der Waals surface area contributed by atoms with Gasteiger partial charge in [0.25, 0.3) is 0 Å². The average Bonchev–Trinajstić information content (AvgIpc) is 2.39. The third kappa shape index (κ3) is 1.17. The van der Waals surface area contributed by atoms with E-state index in [9.17, 15) is 4.79 Å². The number of carbonyl (C=O) groups excluding carboxylic acids is 1. The lowest BCUT2D eigenvalue weighted by Gasteiger charge is -2.37. The average molecular weight is 222 g/mol. The fourth-order valence-electron chi connectivity index (χ4n) is 3.64. The molecule has 0 heterocycles. The highest BCUT2D eigenvalue weighted by Crippen LogP contribution is 2.49. The second-order valence-corrected chi connectivity index (χ2v) is 5.29. The van der Waals surface area contributed by atoms with E-state index in [1.165, 1.54) is 28.3 Å². The Bertz CT molecular complexity index is 626. The van der Waals surface area contributed by atoms with E-state index < -0.39 is 0 Å². The molecule has 2 unspecified atom stereocenters. The van der Waals surface area contributed by atoms with Crippen LogP contribution in [0.25, 0.3) is 10.8 Å². The zero-order chi connectivity index (χ0) is 11.4. The number of fused-ring (bicyclic) bond motifs is 3. The van der Waals surface area contributed by atoms with Gasteiger partial charge in [-0.1, -0.05) is 36.4 Å². The minimum atomic E-state index is 0.182. The highest BCUT2D eigenvalue weighted by Gasteiger charge is 2.39. The van der Waals surface area contributed by atoms with Crippen molar-refractivity contribution in [2.45, 2.75) is 31.1 Å². The first kappa shape index (κ1) is 9.41.